The van der Waals surface area contributed by atoms with E-state index in [-0.39, 0.29) is 5.69 Å². The van der Waals surface area contributed by atoms with Gasteiger partial charge in [0.2, 0.25) is 0 Å². The summed E-state index contributed by atoms with van der Waals surface area (Å²) in [6.07, 6.45) is 1.90. The van der Waals surface area contributed by atoms with E-state index in [0.29, 0.717) is 6.54 Å². The number of anilines is 1. The molecule has 16 heavy (non-hydrogen) atoms. The largest absolute Gasteiger partial charge is 0.377 e. The minimum atomic E-state index is -0.836. The van der Waals surface area contributed by atoms with Gasteiger partial charge in [0.15, 0.2) is 11.6 Å². The molecule has 84 valence electrons. The predicted octanol–water partition coefficient (Wildman–Crippen LogP) is 2.92. The standard InChI is InChI=1S/C12H12F2N2/c1-16-7-3-4-9(16)8-15-11-6-2-5-10(13)12(11)14/h2-7,15H,8H2,1H3. The Balaban J connectivity index is 2.11. The van der Waals surface area contributed by atoms with Gasteiger partial charge in [-0.25, -0.2) is 8.78 Å². The molecule has 0 fully saturated rings. The molecule has 0 saturated heterocycles. The van der Waals surface area contributed by atoms with Gasteiger partial charge in [0.1, 0.15) is 0 Å². The van der Waals surface area contributed by atoms with Gasteiger partial charge in [-0.3, -0.25) is 0 Å². The topological polar surface area (TPSA) is 17.0 Å². The number of hydrogen-bond donors (Lipinski definition) is 1. The van der Waals surface area contributed by atoms with Gasteiger partial charge in [-0.05, 0) is 24.3 Å². The average Bonchev–Trinajstić information content (AvgIpc) is 2.67. The van der Waals surface area contributed by atoms with Crippen LogP contribution < -0.4 is 5.32 Å². The summed E-state index contributed by atoms with van der Waals surface area (Å²) < 4.78 is 28.1. The molecule has 0 amide bonds. The Bertz CT molecular complexity index is 492. The minimum absolute atomic E-state index is 0.182. The molecule has 0 aliphatic carbocycles. The molecule has 0 spiro atoms. The van der Waals surface area contributed by atoms with Crippen LogP contribution in [-0.2, 0) is 13.6 Å². The summed E-state index contributed by atoms with van der Waals surface area (Å²) in [5, 5.41) is 2.86. The first-order valence-corrected chi connectivity index (χ1v) is 4.96. The van der Waals surface area contributed by atoms with Crippen molar-refractivity contribution in [2.24, 2.45) is 7.05 Å². The molecule has 2 nitrogen and oxygen atoms in total. The van der Waals surface area contributed by atoms with Crippen molar-refractivity contribution < 1.29 is 8.78 Å². The number of aryl methyl sites for hydroxylation is 1. The van der Waals surface area contributed by atoms with E-state index in [2.05, 4.69) is 5.32 Å². The molecule has 0 aliphatic rings. The number of benzene rings is 1. The molecule has 0 saturated carbocycles. The van der Waals surface area contributed by atoms with E-state index in [9.17, 15) is 8.78 Å². The van der Waals surface area contributed by atoms with Crippen LogP contribution in [0.1, 0.15) is 5.69 Å². The molecule has 0 atom stereocenters. The third-order valence-electron chi connectivity index (χ3n) is 2.46. The molecule has 1 aromatic carbocycles. The fourth-order valence-electron chi connectivity index (χ4n) is 1.51. The lowest BCUT2D eigenvalue weighted by Gasteiger charge is -2.08. The number of halogens is 2. The van der Waals surface area contributed by atoms with Crippen molar-refractivity contribution in [3.63, 3.8) is 0 Å². The SMILES string of the molecule is Cn1cccc1CNc1cccc(F)c1F. The van der Waals surface area contributed by atoms with Crippen LogP contribution in [-0.4, -0.2) is 4.57 Å². The second kappa shape index (κ2) is 4.35. The monoisotopic (exact) mass is 222 g/mol. The lowest BCUT2D eigenvalue weighted by Crippen LogP contribution is -2.05. The molecule has 0 bridgehead atoms. The Morgan fingerprint density at radius 2 is 2.00 bits per heavy atom. The highest BCUT2D eigenvalue weighted by atomic mass is 19.2. The molecule has 1 heterocycles. The van der Waals surface area contributed by atoms with Gasteiger partial charge in [-0.1, -0.05) is 6.07 Å². The van der Waals surface area contributed by atoms with E-state index in [0.717, 1.165) is 11.8 Å². The third-order valence-corrected chi connectivity index (χ3v) is 2.46. The van der Waals surface area contributed by atoms with Crippen LogP contribution in [0.3, 0.4) is 0 Å². The summed E-state index contributed by atoms with van der Waals surface area (Å²) in [6, 6.07) is 7.92. The molecule has 0 aliphatic heterocycles. The Labute approximate surface area is 92.5 Å². The van der Waals surface area contributed by atoms with Gasteiger partial charge in [-0.15, -0.1) is 0 Å². The predicted molar refractivity (Wildman–Crippen MR) is 59.1 cm³/mol. The zero-order chi connectivity index (χ0) is 11.5. The number of aromatic nitrogens is 1. The van der Waals surface area contributed by atoms with E-state index in [4.69, 9.17) is 0 Å². The van der Waals surface area contributed by atoms with Gasteiger partial charge in [0, 0.05) is 18.9 Å². The van der Waals surface area contributed by atoms with Crippen LogP contribution in [0.25, 0.3) is 0 Å². The lowest BCUT2D eigenvalue weighted by molar-refractivity contribution is 0.511. The number of nitrogens with zero attached hydrogens (tertiary/aromatic N) is 1. The van der Waals surface area contributed by atoms with Crippen LogP contribution in [0.2, 0.25) is 0 Å². The Kier molecular flexibility index (Phi) is 2.90. The quantitative estimate of drug-likeness (QED) is 0.844. The van der Waals surface area contributed by atoms with Crippen LogP contribution in [0.5, 0.6) is 0 Å². The Morgan fingerprint density at radius 1 is 1.19 bits per heavy atom. The Hall–Kier alpha value is -1.84. The number of hydrogen-bond acceptors (Lipinski definition) is 1. The maximum atomic E-state index is 13.3. The zero-order valence-electron chi connectivity index (χ0n) is 8.87. The highest BCUT2D eigenvalue weighted by Crippen LogP contribution is 2.17. The summed E-state index contributed by atoms with van der Waals surface area (Å²) >= 11 is 0. The van der Waals surface area contributed by atoms with E-state index < -0.39 is 11.6 Å². The minimum Gasteiger partial charge on any atom is -0.377 e. The molecule has 0 radical (unpaired) electrons. The van der Waals surface area contributed by atoms with Gasteiger partial charge < -0.3 is 9.88 Å². The van der Waals surface area contributed by atoms with Crippen molar-refractivity contribution in [1.82, 2.24) is 4.57 Å². The first kappa shape index (κ1) is 10.7. The second-order valence-corrected chi connectivity index (χ2v) is 3.57. The molecular weight excluding hydrogens is 210 g/mol. The van der Waals surface area contributed by atoms with Crippen molar-refractivity contribution in [3.05, 3.63) is 53.9 Å². The smallest absolute Gasteiger partial charge is 0.181 e. The van der Waals surface area contributed by atoms with Crippen LogP contribution in [0.4, 0.5) is 14.5 Å². The number of nitrogens with one attached hydrogen (secondary N) is 1. The maximum absolute atomic E-state index is 13.3. The van der Waals surface area contributed by atoms with E-state index in [1.165, 1.54) is 12.1 Å². The van der Waals surface area contributed by atoms with Crippen molar-refractivity contribution in [2.45, 2.75) is 6.54 Å². The highest BCUT2D eigenvalue weighted by molar-refractivity contribution is 5.45. The van der Waals surface area contributed by atoms with Gasteiger partial charge in [-0.2, -0.15) is 0 Å². The number of rotatable bonds is 3. The normalized spacial score (nSPS) is 10.4. The Morgan fingerprint density at radius 3 is 2.69 bits per heavy atom. The molecule has 1 N–H and O–H groups in total. The molecule has 0 unspecified atom stereocenters. The van der Waals surface area contributed by atoms with Crippen molar-refractivity contribution in [2.75, 3.05) is 5.32 Å². The summed E-state index contributed by atoms with van der Waals surface area (Å²) in [4.78, 5) is 0. The molecule has 1 aromatic heterocycles. The van der Waals surface area contributed by atoms with Crippen LogP contribution in [0, 0.1) is 11.6 Å². The summed E-state index contributed by atoms with van der Waals surface area (Å²) in [7, 11) is 1.90. The summed E-state index contributed by atoms with van der Waals surface area (Å²) in [5.41, 5.74) is 1.19. The van der Waals surface area contributed by atoms with Crippen LogP contribution in [0.15, 0.2) is 36.5 Å². The van der Waals surface area contributed by atoms with Crippen molar-refractivity contribution >= 4 is 5.69 Å². The first-order valence-electron chi connectivity index (χ1n) is 4.96. The van der Waals surface area contributed by atoms with Crippen molar-refractivity contribution in [1.29, 1.82) is 0 Å². The fraction of sp³-hybridized carbons (Fsp3) is 0.167. The summed E-state index contributed by atoms with van der Waals surface area (Å²) in [6.45, 7) is 0.462. The zero-order valence-corrected chi connectivity index (χ0v) is 8.87. The first-order chi connectivity index (χ1) is 7.68. The van der Waals surface area contributed by atoms with Gasteiger partial charge in [0.25, 0.3) is 0 Å². The fourth-order valence-corrected chi connectivity index (χ4v) is 1.51. The summed E-state index contributed by atoms with van der Waals surface area (Å²) in [5.74, 6) is -1.67. The highest BCUT2D eigenvalue weighted by Gasteiger charge is 2.07. The van der Waals surface area contributed by atoms with E-state index >= 15 is 0 Å². The van der Waals surface area contributed by atoms with E-state index in [1.807, 2.05) is 29.9 Å². The maximum Gasteiger partial charge on any atom is 0.181 e. The molecule has 2 aromatic rings. The third kappa shape index (κ3) is 2.05. The average molecular weight is 222 g/mol. The molecule has 2 rings (SSSR count). The molecular formula is C12H12F2N2. The molecule has 4 heteroatoms. The van der Waals surface area contributed by atoms with Gasteiger partial charge >= 0.3 is 0 Å². The van der Waals surface area contributed by atoms with E-state index in [1.54, 1.807) is 0 Å². The van der Waals surface area contributed by atoms with Crippen LogP contribution >= 0.6 is 0 Å². The van der Waals surface area contributed by atoms with Gasteiger partial charge in [0.05, 0.1) is 12.2 Å². The lowest BCUT2D eigenvalue weighted by atomic mass is 10.3. The van der Waals surface area contributed by atoms with Crippen molar-refractivity contribution in [3.8, 4) is 0 Å². The second-order valence-electron chi connectivity index (χ2n) is 3.57.